The molecule has 0 saturated heterocycles. The van der Waals surface area contributed by atoms with Gasteiger partial charge in [0.05, 0.1) is 0 Å². The Morgan fingerprint density at radius 2 is 2.33 bits per heavy atom. The van der Waals surface area contributed by atoms with Gasteiger partial charge in [0.2, 0.25) is 0 Å². The van der Waals surface area contributed by atoms with Crippen molar-refractivity contribution in [1.29, 1.82) is 0 Å². The zero-order valence-electron chi connectivity index (χ0n) is 10.5. The third-order valence-corrected chi connectivity index (χ3v) is 2.93. The first kappa shape index (κ1) is 13.0. The van der Waals surface area contributed by atoms with E-state index < -0.39 is 0 Å². The van der Waals surface area contributed by atoms with Crippen LogP contribution >= 0.6 is 11.6 Å². The molecule has 0 aliphatic rings. The smallest absolute Gasteiger partial charge is 0.255 e. The minimum Gasteiger partial charge on any atom is -0.382 e. The van der Waals surface area contributed by atoms with E-state index in [9.17, 15) is 0 Å². The van der Waals surface area contributed by atoms with Crippen LogP contribution in [0.25, 0.3) is 5.78 Å². The van der Waals surface area contributed by atoms with Gasteiger partial charge < -0.3 is 10.1 Å². The summed E-state index contributed by atoms with van der Waals surface area (Å²) in [5.41, 5.74) is 0.867. The largest absolute Gasteiger partial charge is 0.382 e. The summed E-state index contributed by atoms with van der Waals surface area (Å²) in [6.07, 6.45) is 2.38. The molecule has 7 heteroatoms. The van der Waals surface area contributed by atoms with Crippen LogP contribution in [0.2, 0.25) is 5.15 Å². The molecule has 0 aliphatic carbocycles. The third-order valence-electron chi connectivity index (χ3n) is 2.57. The molecule has 0 aliphatic heterocycles. The van der Waals surface area contributed by atoms with Gasteiger partial charge in [-0.2, -0.15) is 19.6 Å². The van der Waals surface area contributed by atoms with Crippen molar-refractivity contribution in [1.82, 2.24) is 19.6 Å². The predicted molar refractivity (Wildman–Crippen MR) is 70.1 cm³/mol. The van der Waals surface area contributed by atoms with E-state index >= 15 is 0 Å². The van der Waals surface area contributed by atoms with Crippen molar-refractivity contribution >= 4 is 23.2 Å². The number of halogens is 1. The van der Waals surface area contributed by atoms with Crippen molar-refractivity contribution in [2.45, 2.75) is 20.3 Å². The average Bonchev–Trinajstić information content (AvgIpc) is 2.81. The Morgan fingerprint density at radius 1 is 1.50 bits per heavy atom. The molecule has 2 aromatic heterocycles. The summed E-state index contributed by atoms with van der Waals surface area (Å²) in [5, 5.41) is 7.87. The Morgan fingerprint density at radius 3 is 3.11 bits per heavy atom. The van der Waals surface area contributed by atoms with Crippen LogP contribution in [0.1, 0.15) is 18.9 Å². The Balaban J connectivity index is 2.11. The van der Waals surface area contributed by atoms with Gasteiger partial charge in [0.1, 0.15) is 17.3 Å². The second-order valence-electron chi connectivity index (χ2n) is 3.83. The predicted octanol–water partition coefficient (Wildman–Crippen LogP) is 1.92. The Labute approximate surface area is 110 Å². The van der Waals surface area contributed by atoms with Crippen LogP contribution in [0, 0.1) is 6.92 Å². The van der Waals surface area contributed by atoms with Crippen LogP contribution < -0.4 is 5.32 Å². The first-order valence-corrected chi connectivity index (χ1v) is 6.29. The highest BCUT2D eigenvalue weighted by Crippen LogP contribution is 2.21. The first-order valence-electron chi connectivity index (χ1n) is 5.91. The van der Waals surface area contributed by atoms with Crippen LogP contribution in [0.4, 0.5) is 5.82 Å². The maximum Gasteiger partial charge on any atom is 0.255 e. The van der Waals surface area contributed by atoms with E-state index in [4.69, 9.17) is 16.3 Å². The van der Waals surface area contributed by atoms with Gasteiger partial charge in [-0.1, -0.05) is 11.6 Å². The van der Waals surface area contributed by atoms with Crippen molar-refractivity contribution in [3.05, 3.63) is 17.0 Å². The zero-order valence-corrected chi connectivity index (χ0v) is 11.2. The molecular weight excluding hydrogens is 254 g/mol. The molecule has 98 valence electrons. The van der Waals surface area contributed by atoms with Crippen LogP contribution in [0.15, 0.2) is 6.33 Å². The summed E-state index contributed by atoms with van der Waals surface area (Å²) in [5.74, 6) is 1.33. The molecule has 0 unspecified atom stereocenters. The maximum absolute atomic E-state index is 6.06. The topological polar surface area (TPSA) is 64.3 Å². The van der Waals surface area contributed by atoms with Gasteiger partial charge in [0, 0.05) is 25.3 Å². The molecule has 0 aromatic carbocycles. The van der Waals surface area contributed by atoms with E-state index in [1.54, 1.807) is 4.52 Å². The molecule has 0 radical (unpaired) electrons. The number of aromatic nitrogens is 4. The SMILES string of the molecule is CCOCCCNc1c(C)c(Cl)nc2ncnn12. The van der Waals surface area contributed by atoms with Crippen LogP contribution in [0.3, 0.4) is 0 Å². The summed E-state index contributed by atoms with van der Waals surface area (Å²) in [4.78, 5) is 8.17. The van der Waals surface area contributed by atoms with Gasteiger partial charge in [-0.3, -0.25) is 0 Å². The molecule has 6 nitrogen and oxygen atoms in total. The second-order valence-corrected chi connectivity index (χ2v) is 4.18. The summed E-state index contributed by atoms with van der Waals surface area (Å²) >= 11 is 6.06. The van der Waals surface area contributed by atoms with Crippen molar-refractivity contribution in [3.8, 4) is 0 Å². The molecule has 0 bridgehead atoms. The normalized spacial score (nSPS) is 11.1. The Kier molecular flexibility index (Phi) is 4.33. The average molecular weight is 270 g/mol. The minimum absolute atomic E-state index is 0.447. The van der Waals surface area contributed by atoms with Crippen molar-refractivity contribution < 1.29 is 4.74 Å². The van der Waals surface area contributed by atoms with Crippen LogP contribution in [-0.2, 0) is 4.74 Å². The summed E-state index contributed by atoms with van der Waals surface area (Å²) < 4.78 is 6.94. The van der Waals surface area contributed by atoms with E-state index in [1.807, 2.05) is 13.8 Å². The van der Waals surface area contributed by atoms with Gasteiger partial charge in [-0.05, 0) is 20.3 Å². The van der Waals surface area contributed by atoms with E-state index in [2.05, 4.69) is 20.4 Å². The summed E-state index contributed by atoms with van der Waals surface area (Å²) in [6.45, 7) is 6.16. The lowest BCUT2D eigenvalue weighted by Crippen LogP contribution is -2.11. The number of nitrogens with zero attached hydrogens (tertiary/aromatic N) is 4. The molecule has 1 N–H and O–H groups in total. The lowest BCUT2D eigenvalue weighted by molar-refractivity contribution is 0.147. The number of nitrogens with one attached hydrogen (secondary N) is 1. The molecule has 0 atom stereocenters. The highest BCUT2D eigenvalue weighted by molar-refractivity contribution is 6.30. The van der Waals surface area contributed by atoms with Gasteiger partial charge in [-0.25, -0.2) is 0 Å². The molecule has 0 saturated carbocycles. The van der Waals surface area contributed by atoms with Crippen molar-refractivity contribution in [2.75, 3.05) is 25.1 Å². The number of hydrogen-bond acceptors (Lipinski definition) is 5. The molecule has 18 heavy (non-hydrogen) atoms. The number of ether oxygens (including phenoxy) is 1. The lowest BCUT2D eigenvalue weighted by atomic mass is 10.3. The standard InChI is InChI=1S/C11H16ClN5O/c1-3-18-6-4-5-13-10-8(2)9(12)16-11-14-7-15-17(10)11/h7,13H,3-6H2,1-2H3. The molecular formula is C11H16ClN5O. The maximum atomic E-state index is 6.06. The molecule has 0 amide bonds. The van der Waals surface area contributed by atoms with Gasteiger partial charge in [0.15, 0.2) is 0 Å². The summed E-state index contributed by atoms with van der Waals surface area (Å²) in [7, 11) is 0. The summed E-state index contributed by atoms with van der Waals surface area (Å²) in [6, 6.07) is 0. The fourth-order valence-corrected chi connectivity index (χ4v) is 1.80. The Hall–Kier alpha value is -1.40. The highest BCUT2D eigenvalue weighted by Gasteiger charge is 2.11. The number of hydrogen-bond donors (Lipinski definition) is 1. The zero-order chi connectivity index (χ0) is 13.0. The third kappa shape index (κ3) is 2.70. The number of fused-ring (bicyclic) bond motifs is 1. The van der Waals surface area contributed by atoms with Gasteiger partial charge in [-0.15, -0.1) is 0 Å². The van der Waals surface area contributed by atoms with Gasteiger partial charge >= 0.3 is 0 Å². The molecule has 2 aromatic rings. The molecule has 0 fully saturated rings. The van der Waals surface area contributed by atoms with Gasteiger partial charge in [0.25, 0.3) is 5.78 Å². The second kappa shape index (κ2) is 5.97. The molecule has 2 heterocycles. The monoisotopic (exact) mass is 269 g/mol. The van der Waals surface area contributed by atoms with Crippen molar-refractivity contribution in [3.63, 3.8) is 0 Å². The highest BCUT2D eigenvalue weighted by atomic mass is 35.5. The van der Waals surface area contributed by atoms with E-state index in [-0.39, 0.29) is 0 Å². The van der Waals surface area contributed by atoms with Crippen molar-refractivity contribution in [2.24, 2.45) is 0 Å². The van der Waals surface area contributed by atoms with E-state index in [1.165, 1.54) is 6.33 Å². The fourth-order valence-electron chi connectivity index (χ4n) is 1.63. The minimum atomic E-state index is 0.447. The lowest BCUT2D eigenvalue weighted by Gasteiger charge is -2.11. The molecule has 0 spiro atoms. The quantitative estimate of drug-likeness (QED) is 0.641. The van der Waals surface area contributed by atoms with Crippen LogP contribution in [-0.4, -0.2) is 39.3 Å². The first-order chi connectivity index (χ1) is 8.74. The number of anilines is 1. The van der Waals surface area contributed by atoms with Crippen LogP contribution in [0.5, 0.6) is 0 Å². The fraction of sp³-hybridized carbons (Fsp3) is 0.545. The Bertz CT molecular complexity index is 527. The number of rotatable bonds is 6. The van der Waals surface area contributed by atoms with E-state index in [0.29, 0.717) is 10.9 Å². The van der Waals surface area contributed by atoms with E-state index in [0.717, 1.165) is 37.6 Å². The molecule has 2 rings (SSSR count).